The summed E-state index contributed by atoms with van der Waals surface area (Å²) < 4.78 is 0. The molecule has 0 fully saturated rings. The van der Waals surface area contributed by atoms with Crippen molar-refractivity contribution in [1.82, 2.24) is 0 Å². The van der Waals surface area contributed by atoms with Gasteiger partial charge in [0, 0.05) is 11.1 Å². The molecule has 75 valence electrons. The second kappa shape index (κ2) is 6.24. The third kappa shape index (κ3) is 3.24. The van der Waals surface area contributed by atoms with Gasteiger partial charge in [0.05, 0.1) is 11.9 Å². The molecule has 1 rings (SSSR count). The van der Waals surface area contributed by atoms with E-state index in [0.717, 1.165) is 12.1 Å². The van der Waals surface area contributed by atoms with Crippen LogP contribution < -0.4 is 10.2 Å². The van der Waals surface area contributed by atoms with Gasteiger partial charge in [-0.1, -0.05) is 24.3 Å². The number of hydrogen-bond acceptors (Lipinski definition) is 4. The third-order valence-electron chi connectivity index (χ3n) is 1.37. The van der Waals surface area contributed by atoms with Crippen LogP contribution in [-0.2, 0) is 19.5 Å². The van der Waals surface area contributed by atoms with Crippen molar-refractivity contribution in [3.8, 4) is 0 Å². The van der Waals surface area contributed by atoms with Gasteiger partial charge in [0.15, 0.2) is 0 Å². The molecule has 2 N–H and O–H groups in total. The van der Waals surface area contributed by atoms with Crippen molar-refractivity contribution in [1.29, 1.82) is 0 Å². The predicted molar refractivity (Wildman–Crippen MR) is 40.4 cm³/mol. The van der Waals surface area contributed by atoms with Crippen LogP contribution in [0.15, 0.2) is 24.3 Å². The molecule has 0 amide bonds. The second-order valence-corrected chi connectivity index (χ2v) is 2.12. The van der Waals surface area contributed by atoms with Gasteiger partial charge in [-0.3, -0.25) is 0 Å². The van der Waals surface area contributed by atoms with Gasteiger partial charge in [-0.15, -0.1) is 0 Å². The SMILES string of the molecule is O=C([O-])c1ccccc1C(=O)[O-].[NH2-].[Ru+3]. The molecule has 6 heteroatoms. The van der Waals surface area contributed by atoms with E-state index in [9.17, 15) is 19.8 Å². The monoisotopic (exact) mass is 282 g/mol. The van der Waals surface area contributed by atoms with Crippen LogP contribution in [0.5, 0.6) is 0 Å². The number of benzene rings is 1. The fourth-order valence-corrected chi connectivity index (χ4v) is 0.839. The molecule has 0 aliphatic rings. The van der Waals surface area contributed by atoms with E-state index in [1.165, 1.54) is 12.1 Å². The molecule has 0 unspecified atom stereocenters. The molecule has 0 spiro atoms. The minimum Gasteiger partial charge on any atom is -0.693 e. The number of carboxylic acid groups (broad SMARTS) is 2. The quantitative estimate of drug-likeness (QED) is 0.655. The summed E-state index contributed by atoms with van der Waals surface area (Å²) in [6.07, 6.45) is 0. The van der Waals surface area contributed by atoms with E-state index >= 15 is 0 Å². The van der Waals surface area contributed by atoms with Crippen LogP contribution in [0.1, 0.15) is 20.7 Å². The number of carboxylic acids is 2. The smallest absolute Gasteiger partial charge is 0.693 e. The Morgan fingerprint density at radius 2 is 1.21 bits per heavy atom. The van der Waals surface area contributed by atoms with Crippen molar-refractivity contribution in [3.05, 3.63) is 41.5 Å². The van der Waals surface area contributed by atoms with Gasteiger partial charge < -0.3 is 26.0 Å². The number of hydrogen-bond donors (Lipinski definition) is 0. The zero-order chi connectivity index (χ0) is 9.14. The molecule has 0 aliphatic heterocycles. The molecule has 0 aromatic heterocycles. The van der Waals surface area contributed by atoms with Gasteiger partial charge >= 0.3 is 19.5 Å². The second-order valence-electron chi connectivity index (χ2n) is 2.12. The van der Waals surface area contributed by atoms with Crippen LogP contribution in [0.2, 0.25) is 0 Å². The molecular weight excluding hydrogens is 275 g/mol. The van der Waals surface area contributed by atoms with Gasteiger partial charge in [0.25, 0.3) is 0 Å². The summed E-state index contributed by atoms with van der Waals surface area (Å²) in [5, 5.41) is 20.6. The first-order chi connectivity index (χ1) is 5.63. The van der Waals surface area contributed by atoms with Crippen LogP contribution in [0.4, 0.5) is 0 Å². The van der Waals surface area contributed by atoms with Crippen LogP contribution in [0, 0.1) is 0 Å². The average molecular weight is 281 g/mol. The first-order valence-corrected chi connectivity index (χ1v) is 3.14. The number of aromatic carboxylic acids is 2. The molecule has 0 atom stereocenters. The number of carbonyl (C=O) groups excluding carboxylic acids is 2. The Kier molecular flexibility index (Phi) is 6.78. The van der Waals surface area contributed by atoms with Gasteiger partial charge in [-0.2, -0.15) is 0 Å². The maximum absolute atomic E-state index is 10.3. The normalized spacial score (nSPS) is 8.00. The summed E-state index contributed by atoms with van der Waals surface area (Å²) in [7, 11) is 0. The fraction of sp³-hybridized carbons (Fsp3) is 0. The Bertz CT molecular complexity index is 307. The maximum atomic E-state index is 10.3. The molecule has 1 aromatic carbocycles. The van der Waals surface area contributed by atoms with Crippen LogP contribution in [-0.4, -0.2) is 11.9 Å². The first-order valence-electron chi connectivity index (χ1n) is 3.14. The van der Waals surface area contributed by atoms with E-state index in [1.54, 1.807) is 0 Å². The third-order valence-corrected chi connectivity index (χ3v) is 1.37. The van der Waals surface area contributed by atoms with Crippen molar-refractivity contribution < 1.29 is 39.3 Å². The summed E-state index contributed by atoms with van der Waals surface area (Å²) >= 11 is 0. The minimum atomic E-state index is -1.52. The van der Waals surface area contributed by atoms with Crippen molar-refractivity contribution in [2.45, 2.75) is 0 Å². The summed E-state index contributed by atoms with van der Waals surface area (Å²) in [6.45, 7) is 0. The van der Waals surface area contributed by atoms with Crippen molar-refractivity contribution in [3.63, 3.8) is 0 Å². The Labute approximate surface area is 93.1 Å². The fourth-order valence-electron chi connectivity index (χ4n) is 0.839. The zero-order valence-corrected chi connectivity index (χ0v) is 8.61. The van der Waals surface area contributed by atoms with Gasteiger partial charge in [0.2, 0.25) is 0 Å². The Balaban J connectivity index is 0. The molecule has 1 aromatic rings. The summed E-state index contributed by atoms with van der Waals surface area (Å²) in [5.41, 5.74) is -0.727. The van der Waals surface area contributed by atoms with Crippen LogP contribution >= 0.6 is 0 Å². The maximum Gasteiger partial charge on any atom is 3.00 e. The average Bonchev–Trinajstić information content (AvgIpc) is 2.04. The van der Waals surface area contributed by atoms with Crippen molar-refractivity contribution in [2.75, 3.05) is 0 Å². The zero-order valence-electron chi connectivity index (χ0n) is 6.87. The standard InChI is InChI=1S/C8H6O4.H2N.Ru/c9-7(10)5-3-1-2-4-6(5)8(11)12;;/h1-4H,(H,9,10)(H,11,12);1H2;/q;-1;+3/p-2. The molecule has 0 saturated carbocycles. The molecular formula is C8H6NO4Ru. The number of nitrogens with two attached hydrogens (primary N) is 1. The largest absolute Gasteiger partial charge is 3.00 e. The molecule has 14 heavy (non-hydrogen) atoms. The molecule has 0 aliphatic carbocycles. The first kappa shape index (κ1) is 15.2. The molecule has 0 saturated heterocycles. The van der Waals surface area contributed by atoms with Gasteiger partial charge in [-0.25, -0.2) is 0 Å². The Morgan fingerprint density at radius 3 is 1.43 bits per heavy atom. The Hall–Kier alpha value is -1.26. The summed E-state index contributed by atoms with van der Waals surface area (Å²) in [5.74, 6) is -3.04. The summed E-state index contributed by atoms with van der Waals surface area (Å²) in [6, 6.07) is 5.14. The predicted octanol–water partition coefficient (Wildman–Crippen LogP) is -0.872. The van der Waals surface area contributed by atoms with Gasteiger partial charge in [-0.05, 0) is 0 Å². The topological polar surface area (TPSA) is 114 Å². The number of carbonyl (C=O) groups is 2. The van der Waals surface area contributed by atoms with E-state index in [1.807, 2.05) is 0 Å². The molecule has 1 radical (unpaired) electrons. The van der Waals surface area contributed by atoms with E-state index in [2.05, 4.69) is 0 Å². The van der Waals surface area contributed by atoms with Crippen molar-refractivity contribution in [2.24, 2.45) is 0 Å². The van der Waals surface area contributed by atoms with E-state index in [-0.39, 0.29) is 36.8 Å². The minimum absolute atomic E-state index is 0. The number of rotatable bonds is 2. The van der Waals surface area contributed by atoms with E-state index < -0.39 is 11.9 Å². The van der Waals surface area contributed by atoms with Crippen LogP contribution in [0.3, 0.4) is 0 Å². The van der Waals surface area contributed by atoms with E-state index in [0.29, 0.717) is 0 Å². The van der Waals surface area contributed by atoms with Gasteiger partial charge in [0.1, 0.15) is 0 Å². The Morgan fingerprint density at radius 1 is 0.929 bits per heavy atom. The van der Waals surface area contributed by atoms with E-state index in [4.69, 9.17) is 0 Å². The summed E-state index contributed by atoms with van der Waals surface area (Å²) in [4.78, 5) is 20.6. The van der Waals surface area contributed by atoms with Crippen LogP contribution in [0.25, 0.3) is 6.15 Å². The van der Waals surface area contributed by atoms with Crippen molar-refractivity contribution >= 4 is 11.9 Å². The molecule has 0 heterocycles. The molecule has 0 bridgehead atoms. The molecule has 5 nitrogen and oxygen atoms in total.